The standard InChI is InChI=1S/C18H19O7P/c1-3-22-26(20,21)25-24-23-18(19)14(2)17(15-10-6-4-7-11-15)16-12-8-5-9-13-16/h4-13H,3H2,1-2H3,(H,20,21). The van der Waals surface area contributed by atoms with Crippen LogP contribution >= 0.6 is 7.82 Å². The van der Waals surface area contributed by atoms with Gasteiger partial charge in [-0.25, -0.2) is 9.36 Å². The van der Waals surface area contributed by atoms with Gasteiger partial charge in [0.25, 0.3) is 0 Å². The van der Waals surface area contributed by atoms with Crippen molar-refractivity contribution in [1.82, 2.24) is 0 Å². The Balaban J connectivity index is 2.23. The summed E-state index contributed by atoms with van der Waals surface area (Å²) in [6.45, 7) is 2.98. The van der Waals surface area contributed by atoms with E-state index in [-0.39, 0.29) is 12.2 Å². The molecule has 0 amide bonds. The van der Waals surface area contributed by atoms with E-state index in [1.165, 1.54) is 6.92 Å². The molecular weight excluding hydrogens is 359 g/mol. The van der Waals surface area contributed by atoms with Crippen molar-refractivity contribution in [3.05, 3.63) is 77.4 Å². The van der Waals surface area contributed by atoms with Gasteiger partial charge < -0.3 is 4.89 Å². The number of phosphoric acid groups is 1. The van der Waals surface area contributed by atoms with E-state index in [9.17, 15) is 14.3 Å². The average Bonchev–Trinajstić information content (AvgIpc) is 2.63. The molecule has 0 saturated heterocycles. The zero-order valence-electron chi connectivity index (χ0n) is 14.3. The van der Waals surface area contributed by atoms with E-state index in [4.69, 9.17) is 0 Å². The summed E-state index contributed by atoms with van der Waals surface area (Å²) >= 11 is 0. The third-order valence-corrected chi connectivity index (χ3v) is 4.17. The molecule has 2 aromatic rings. The molecule has 7 nitrogen and oxygen atoms in total. The van der Waals surface area contributed by atoms with E-state index in [0.29, 0.717) is 5.57 Å². The van der Waals surface area contributed by atoms with Crippen LogP contribution in [0.5, 0.6) is 0 Å². The van der Waals surface area contributed by atoms with Crippen LogP contribution < -0.4 is 0 Å². The van der Waals surface area contributed by atoms with Gasteiger partial charge in [-0.05, 0) is 35.6 Å². The lowest BCUT2D eigenvalue weighted by atomic mass is 9.94. The Kier molecular flexibility index (Phi) is 7.26. The van der Waals surface area contributed by atoms with Gasteiger partial charge in [0, 0.05) is 5.57 Å². The molecule has 0 aliphatic heterocycles. The van der Waals surface area contributed by atoms with Crippen LogP contribution in [0.2, 0.25) is 0 Å². The van der Waals surface area contributed by atoms with E-state index in [1.54, 1.807) is 6.92 Å². The normalized spacial score (nSPS) is 12.9. The lowest BCUT2D eigenvalue weighted by molar-refractivity contribution is -0.442. The minimum Gasteiger partial charge on any atom is -0.301 e. The van der Waals surface area contributed by atoms with Gasteiger partial charge in [0.1, 0.15) is 0 Å². The second-order valence-corrected chi connectivity index (χ2v) is 6.48. The first-order valence-corrected chi connectivity index (χ1v) is 9.30. The maximum absolute atomic E-state index is 12.3. The zero-order chi connectivity index (χ0) is 19.0. The molecule has 0 bridgehead atoms. The Morgan fingerprint density at radius 1 is 1.00 bits per heavy atom. The number of benzene rings is 2. The quantitative estimate of drug-likeness (QED) is 0.321. The highest BCUT2D eigenvalue weighted by molar-refractivity contribution is 7.47. The van der Waals surface area contributed by atoms with E-state index in [2.05, 4.69) is 19.1 Å². The molecule has 2 rings (SSSR count). The summed E-state index contributed by atoms with van der Waals surface area (Å²) in [5.41, 5.74) is 2.47. The largest absolute Gasteiger partial charge is 0.502 e. The topological polar surface area (TPSA) is 91.3 Å². The smallest absolute Gasteiger partial charge is 0.301 e. The number of carbonyl (C=O) groups excluding carboxylic acids is 1. The van der Waals surface area contributed by atoms with Crippen LogP contribution in [0, 0.1) is 0 Å². The highest BCUT2D eigenvalue weighted by Crippen LogP contribution is 2.43. The number of hydrogen-bond acceptors (Lipinski definition) is 6. The summed E-state index contributed by atoms with van der Waals surface area (Å²) in [5.74, 6) is -0.871. The van der Waals surface area contributed by atoms with Crippen LogP contribution in [0.4, 0.5) is 0 Å². The van der Waals surface area contributed by atoms with Crippen molar-refractivity contribution in [3.63, 3.8) is 0 Å². The Labute approximate surface area is 151 Å². The average molecular weight is 378 g/mol. The first kappa shape index (κ1) is 20.0. The molecule has 0 aromatic heterocycles. The monoisotopic (exact) mass is 378 g/mol. The lowest BCUT2D eigenvalue weighted by Crippen LogP contribution is -2.10. The minimum atomic E-state index is -4.43. The molecule has 2 aromatic carbocycles. The van der Waals surface area contributed by atoms with Crippen LogP contribution in [0.1, 0.15) is 25.0 Å². The SMILES string of the molecule is CCOP(=O)(O)OOOC(=O)C(C)=C(c1ccccc1)c1ccccc1. The van der Waals surface area contributed by atoms with Crippen molar-refractivity contribution in [2.75, 3.05) is 6.61 Å². The Morgan fingerprint density at radius 3 is 1.96 bits per heavy atom. The second-order valence-electron chi connectivity index (χ2n) is 5.13. The van der Waals surface area contributed by atoms with Gasteiger partial charge in [-0.2, -0.15) is 0 Å². The second kappa shape index (κ2) is 9.43. The summed E-state index contributed by atoms with van der Waals surface area (Å²) in [7, 11) is -4.43. The van der Waals surface area contributed by atoms with Gasteiger partial charge in [0.15, 0.2) is 0 Å². The summed E-state index contributed by atoms with van der Waals surface area (Å²) in [6, 6.07) is 18.5. The van der Waals surface area contributed by atoms with Crippen molar-refractivity contribution < 1.29 is 33.4 Å². The predicted octanol–water partition coefficient (Wildman–Crippen LogP) is 4.05. The molecule has 0 aliphatic carbocycles. The summed E-state index contributed by atoms with van der Waals surface area (Å²) in [5, 5.41) is 4.13. The number of rotatable bonds is 8. The maximum Gasteiger partial charge on any atom is 0.502 e. The molecule has 1 N–H and O–H groups in total. The summed E-state index contributed by atoms with van der Waals surface area (Å²) in [4.78, 5) is 26.0. The molecule has 0 spiro atoms. The molecule has 1 atom stereocenters. The van der Waals surface area contributed by atoms with Crippen molar-refractivity contribution in [2.45, 2.75) is 13.8 Å². The molecule has 0 aliphatic rings. The fourth-order valence-corrected chi connectivity index (χ4v) is 2.72. The van der Waals surface area contributed by atoms with Gasteiger partial charge in [-0.3, -0.25) is 9.41 Å². The number of carbonyl (C=O) groups is 1. The molecule has 1 unspecified atom stereocenters. The van der Waals surface area contributed by atoms with Crippen LogP contribution in [0.3, 0.4) is 0 Å². The fourth-order valence-electron chi connectivity index (χ4n) is 2.24. The van der Waals surface area contributed by atoms with E-state index in [0.717, 1.165) is 11.1 Å². The van der Waals surface area contributed by atoms with Crippen molar-refractivity contribution in [3.8, 4) is 0 Å². The van der Waals surface area contributed by atoms with Crippen molar-refractivity contribution >= 4 is 19.4 Å². The molecule has 26 heavy (non-hydrogen) atoms. The Bertz CT molecular complexity index is 761. The van der Waals surface area contributed by atoms with Gasteiger partial charge in [-0.1, -0.05) is 65.3 Å². The Hall–Kier alpha value is -2.28. The van der Waals surface area contributed by atoms with Crippen LogP contribution in [0.15, 0.2) is 66.2 Å². The van der Waals surface area contributed by atoms with Gasteiger partial charge in [0.05, 0.1) is 6.61 Å². The molecular formula is C18H19O7P. The molecule has 0 heterocycles. The molecule has 0 fully saturated rings. The molecule has 0 saturated carbocycles. The van der Waals surface area contributed by atoms with E-state index >= 15 is 0 Å². The first-order chi connectivity index (χ1) is 12.4. The van der Waals surface area contributed by atoms with Gasteiger partial charge in [0.2, 0.25) is 0 Å². The summed E-state index contributed by atoms with van der Waals surface area (Å²) < 4.78 is 19.8. The number of hydrogen-bond donors (Lipinski definition) is 1. The summed E-state index contributed by atoms with van der Waals surface area (Å²) in [6.07, 6.45) is 0. The Morgan fingerprint density at radius 2 is 1.50 bits per heavy atom. The molecule has 138 valence electrons. The van der Waals surface area contributed by atoms with Crippen molar-refractivity contribution in [1.29, 1.82) is 0 Å². The lowest BCUT2D eigenvalue weighted by Gasteiger charge is -2.12. The molecule has 0 radical (unpaired) electrons. The van der Waals surface area contributed by atoms with Crippen LogP contribution in [0.25, 0.3) is 5.57 Å². The van der Waals surface area contributed by atoms with E-state index in [1.807, 2.05) is 60.7 Å². The highest BCUT2D eigenvalue weighted by atomic mass is 31.2. The first-order valence-electron chi connectivity index (χ1n) is 7.81. The van der Waals surface area contributed by atoms with Gasteiger partial charge >= 0.3 is 13.8 Å². The number of phosphoric ester groups is 1. The highest BCUT2D eigenvalue weighted by Gasteiger charge is 2.24. The van der Waals surface area contributed by atoms with Crippen LogP contribution in [-0.4, -0.2) is 17.5 Å². The maximum atomic E-state index is 12.3. The third kappa shape index (κ3) is 5.62. The van der Waals surface area contributed by atoms with E-state index < -0.39 is 13.8 Å². The predicted molar refractivity (Wildman–Crippen MR) is 94.3 cm³/mol. The fraction of sp³-hybridized carbons (Fsp3) is 0.167. The van der Waals surface area contributed by atoms with Crippen molar-refractivity contribution in [2.24, 2.45) is 0 Å². The zero-order valence-corrected chi connectivity index (χ0v) is 15.2. The molecule has 8 heteroatoms. The third-order valence-electron chi connectivity index (χ3n) is 3.33. The minimum absolute atomic E-state index is 0.0732. The van der Waals surface area contributed by atoms with Gasteiger partial charge in [-0.15, -0.1) is 0 Å². The van der Waals surface area contributed by atoms with Crippen LogP contribution in [-0.2, 0) is 28.5 Å².